The number of amides is 1. The Morgan fingerprint density at radius 2 is 1.96 bits per heavy atom. The van der Waals surface area contributed by atoms with Crippen LogP contribution in [0.3, 0.4) is 0 Å². The Hall–Kier alpha value is -1.92. The van der Waals surface area contributed by atoms with Crippen LogP contribution in [-0.2, 0) is 4.79 Å². The van der Waals surface area contributed by atoms with E-state index in [1.807, 2.05) is 18.2 Å². The van der Waals surface area contributed by atoms with E-state index in [1.54, 1.807) is 6.92 Å². The third-order valence-electron chi connectivity index (χ3n) is 3.59. The molecule has 0 unspecified atom stereocenters. The topological polar surface area (TPSA) is 47.6 Å². The summed E-state index contributed by atoms with van der Waals surface area (Å²) in [6, 6.07) is 9.72. The van der Waals surface area contributed by atoms with Crippen LogP contribution in [0.4, 0.5) is 10.1 Å². The molecule has 0 spiro atoms. The summed E-state index contributed by atoms with van der Waals surface area (Å²) in [6.07, 6.45) is 0.843. The van der Waals surface area contributed by atoms with E-state index in [0.29, 0.717) is 24.7 Å². The fourth-order valence-electron chi connectivity index (χ4n) is 2.29. The molecule has 25 heavy (non-hydrogen) atoms. The summed E-state index contributed by atoms with van der Waals surface area (Å²) in [5.41, 5.74) is 0.461. The predicted octanol–water partition coefficient (Wildman–Crippen LogP) is 4.76. The summed E-state index contributed by atoms with van der Waals surface area (Å²) in [7, 11) is 0. The predicted molar refractivity (Wildman–Crippen MR) is 97.4 cm³/mol. The molecule has 1 N–H and O–H groups in total. The fourth-order valence-corrected chi connectivity index (χ4v) is 3.37. The third kappa shape index (κ3) is 4.58. The maximum atomic E-state index is 13.2. The first-order valence-corrected chi connectivity index (χ1v) is 9.11. The van der Waals surface area contributed by atoms with Gasteiger partial charge in [-0.15, -0.1) is 11.8 Å². The number of fused-ring (bicyclic) bond motifs is 1. The zero-order valence-electron chi connectivity index (χ0n) is 13.6. The highest BCUT2D eigenvalue weighted by molar-refractivity contribution is 8.00. The SMILES string of the molecule is C[C@@H](Sc1ccc2c(c1)OCCCO2)C(=O)Nc1ccc(F)c(Cl)c1. The summed E-state index contributed by atoms with van der Waals surface area (Å²) in [6.45, 7) is 3.05. The number of hydrogen-bond donors (Lipinski definition) is 1. The monoisotopic (exact) mass is 381 g/mol. The maximum absolute atomic E-state index is 13.2. The Kier molecular flexibility index (Phi) is 5.71. The van der Waals surface area contributed by atoms with Gasteiger partial charge < -0.3 is 14.8 Å². The maximum Gasteiger partial charge on any atom is 0.237 e. The van der Waals surface area contributed by atoms with Crippen molar-refractivity contribution < 1.29 is 18.7 Å². The van der Waals surface area contributed by atoms with Gasteiger partial charge in [-0.2, -0.15) is 0 Å². The Labute approximate surface area is 154 Å². The van der Waals surface area contributed by atoms with Crippen molar-refractivity contribution in [2.24, 2.45) is 0 Å². The van der Waals surface area contributed by atoms with Crippen molar-refractivity contribution in [3.63, 3.8) is 0 Å². The summed E-state index contributed by atoms with van der Waals surface area (Å²) in [5, 5.41) is 2.36. The summed E-state index contributed by atoms with van der Waals surface area (Å²) in [5.74, 6) is 0.703. The van der Waals surface area contributed by atoms with Gasteiger partial charge in [0.1, 0.15) is 5.82 Å². The molecule has 4 nitrogen and oxygen atoms in total. The Morgan fingerprint density at radius 3 is 2.72 bits per heavy atom. The van der Waals surface area contributed by atoms with Gasteiger partial charge in [0.15, 0.2) is 11.5 Å². The zero-order valence-corrected chi connectivity index (χ0v) is 15.1. The van der Waals surface area contributed by atoms with E-state index >= 15 is 0 Å². The van der Waals surface area contributed by atoms with Crippen LogP contribution in [0.2, 0.25) is 5.02 Å². The van der Waals surface area contributed by atoms with Crippen LogP contribution in [-0.4, -0.2) is 24.4 Å². The number of hydrogen-bond acceptors (Lipinski definition) is 4. The minimum atomic E-state index is -0.519. The average molecular weight is 382 g/mol. The van der Waals surface area contributed by atoms with Crippen molar-refractivity contribution >= 4 is 35.0 Å². The number of benzene rings is 2. The second-order valence-corrected chi connectivity index (χ2v) is 7.36. The van der Waals surface area contributed by atoms with E-state index in [1.165, 1.54) is 30.0 Å². The van der Waals surface area contributed by atoms with Crippen LogP contribution >= 0.6 is 23.4 Å². The Morgan fingerprint density at radius 1 is 1.20 bits per heavy atom. The van der Waals surface area contributed by atoms with Crippen LogP contribution in [0.25, 0.3) is 0 Å². The Bertz CT molecular complexity index is 787. The van der Waals surface area contributed by atoms with Crippen molar-refractivity contribution in [1.82, 2.24) is 0 Å². The number of thioether (sulfide) groups is 1. The summed E-state index contributed by atoms with van der Waals surface area (Å²) < 4.78 is 24.4. The fraction of sp³-hybridized carbons (Fsp3) is 0.278. The van der Waals surface area contributed by atoms with E-state index < -0.39 is 5.82 Å². The molecule has 0 saturated carbocycles. The van der Waals surface area contributed by atoms with Crippen molar-refractivity contribution in [3.05, 3.63) is 47.2 Å². The Balaban J connectivity index is 1.65. The molecule has 2 aromatic rings. The van der Waals surface area contributed by atoms with Crippen LogP contribution in [0.1, 0.15) is 13.3 Å². The molecule has 1 amide bonds. The lowest BCUT2D eigenvalue weighted by Crippen LogP contribution is -2.22. The van der Waals surface area contributed by atoms with Gasteiger partial charge in [-0.25, -0.2) is 4.39 Å². The molecule has 1 heterocycles. The number of carbonyl (C=O) groups is 1. The molecule has 7 heteroatoms. The van der Waals surface area contributed by atoms with Gasteiger partial charge in [-0.1, -0.05) is 11.6 Å². The lowest BCUT2D eigenvalue weighted by atomic mass is 10.3. The molecule has 2 aromatic carbocycles. The van der Waals surface area contributed by atoms with E-state index in [-0.39, 0.29) is 16.2 Å². The molecule has 0 aromatic heterocycles. The highest BCUT2D eigenvalue weighted by atomic mass is 35.5. The van der Waals surface area contributed by atoms with Crippen molar-refractivity contribution in [3.8, 4) is 11.5 Å². The lowest BCUT2D eigenvalue weighted by molar-refractivity contribution is -0.115. The molecule has 0 aliphatic carbocycles. The number of carbonyl (C=O) groups excluding carboxylic acids is 1. The van der Waals surface area contributed by atoms with Gasteiger partial charge in [0, 0.05) is 17.0 Å². The van der Waals surface area contributed by atoms with Crippen molar-refractivity contribution in [2.75, 3.05) is 18.5 Å². The first-order valence-electron chi connectivity index (χ1n) is 7.85. The zero-order chi connectivity index (χ0) is 17.8. The second-order valence-electron chi connectivity index (χ2n) is 5.54. The molecule has 0 bridgehead atoms. The highest BCUT2D eigenvalue weighted by Gasteiger charge is 2.17. The quantitative estimate of drug-likeness (QED) is 0.776. The molecule has 1 aliphatic rings. The first-order chi connectivity index (χ1) is 12.0. The molecule has 0 fully saturated rings. The minimum absolute atomic E-state index is 0.0268. The number of nitrogens with one attached hydrogen (secondary N) is 1. The van der Waals surface area contributed by atoms with Crippen molar-refractivity contribution in [2.45, 2.75) is 23.5 Å². The number of anilines is 1. The number of rotatable bonds is 4. The third-order valence-corrected chi connectivity index (χ3v) is 4.97. The molecule has 0 radical (unpaired) electrons. The number of ether oxygens (including phenoxy) is 2. The summed E-state index contributed by atoms with van der Waals surface area (Å²) >= 11 is 7.13. The van der Waals surface area contributed by atoms with E-state index in [0.717, 1.165) is 17.1 Å². The van der Waals surface area contributed by atoms with Crippen LogP contribution in [0.15, 0.2) is 41.3 Å². The molecular weight excluding hydrogens is 365 g/mol. The van der Waals surface area contributed by atoms with Crippen LogP contribution in [0, 0.1) is 5.82 Å². The normalized spacial score (nSPS) is 14.5. The molecule has 1 aliphatic heterocycles. The first kappa shape index (κ1) is 17.9. The molecule has 1 atom stereocenters. The second kappa shape index (κ2) is 7.97. The van der Waals surface area contributed by atoms with Gasteiger partial charge in [-0.3, -0.25) is 4.79 Å². The van der Waals surface area contributed by atoms with Crippen LogP contribution < -0.4 is 14.8 Å². The molecular formula is C18H17ClFNO3S. The summed E-state index contributed by atoms with van der Waals surface area (Å²) in [4.78, 5) is 13.2. The van der Waals surface area contributed by atoms with E-state index in [2.05, 4.69) is 5.32 Å². The lowest BCUT2D eigenvalue weighted by Gasteiger charge is -2.14. The molecule has 3 rings (SSSR count). The minimum Gasteiger partial charge on any atom is -0.490 e. The van der Waals surface area contributed by atoms with Gasteiger partial charge in [0.25, 0.3) is 0 Å². The number of halogens is 2. The van der Waals surface area contributed by atoms with Gasteiger partial charge in [0.2, 0.25) is 5.91 Å². The molecule has 132 valence electrons. The van der Waals surface area contributed by atoms with E-state index in [4.69, 9.17) is 21.1 Å². The highest BCUT2D eigenvalue weighted by Crippen LogP contribution is 2.35. The smallest absolute Gasteiger partial charge is 0.237 e. The standard InChI is InChI=1S/C18H17ClFNO3S/c1-11(18(22)21-12-3-5-15(20)14(19)9-12)25-13-4-6-16-17(10-13)24-8-2-7-23-16/h3-6,9-11H,2,7-8H2,1H3,(H,21,22)/t11-/m1/s1. The van der Waals surface area contributed by atoms with Gasteiger partial charge >= 0.3 is 0 Å². The molecule has 0 saturated heterocycles. The van der Waals surface area contributed by atoms with Gasteiger partial charge in [0.05, 0.1) is 23.5 Å². The van der Waals surface area contributed by atoms with Crippen LogP contribution in [0.5, 0.6) is 11.5 Å². The van der Waals surface area contributed by atoms with E-state index in [9.17, 15) is 9.18 Å². The average Bonchev–Trinajstić information content (AvgIpc) is 2.83. The largest absolute Gasteiger partial charge is 0.490 e. The van der Waals surface area contributed by atoms with Gasteiger partial charge in [-0.05, 0) is 43.3 Å². The van der Waals surface area contributed by atoms with Crippen molar-refractivity contribution in [1.29, 1.82) is 0 Å².